The molecule has 0 spiro atoms. The molecule has 0 amide bonds. The number of ether oxygens (including phenoxy) is 1. The van der Waals surface area contributed by atoms with E-state index < -0.39 is 17.4 Å². The Morgan fingerprint density at radius 2 is 1.65 bits per heavy atom. The summed E-state index contributed by atoms with van der Waals surface area (Å²) in [5, 5.41) is 26.3. The molecule has 23 heavy (non-hydrogen) atoms. The molecule has 0 heterocycles. The van der Waals surface area contributed by atoms with Gasteiger partial charge in [0.05, 0.1) is 24.2 Å². The molecule has 0 bridgehead atoms. The fraction of sp³-hybridized carbons (Fsp3) is 0.412. The van der Waals surface area contributed by atoms with E-state index in [1.807, 2.05) is 13.0 Å². The Bertz CT molecular complexity index is 485. The van der Waals surface area contributed by atoms with Gasteiger partial charge in [0.2, 0.25) is 0 Å². The summed E-state index contributed by atoms with van der Waals surface area (Å²) in [5.41, 5.74) is -0.104. The zero-order chi connectivity index (χ0) is 17.9. The molecule has 1 aromatic rings. The van der Waals surface area contributed by atoms with Crippen LogP contribution in [-0.2, 0) is 9.53 Å². The van der Waals surface area contributed by atoms with E-state index in [0.717, 1.165) is 0 Å². The molecule has 3 N–H and O–H groups in total. The maximum atomic E-state index is 11.7. The van der Waals surface area contributed by atoms with Crippen molar-refractivity contribution in [3.63, 3.8) is 0 Å². The first-order chi connectivity index (χ1) is 10.8. The molecule has 0 aliphatic rings. The first-order valence-corrected chi connectivity index (χ1v) is 7.14. The third-order valence-corrected chi connectivity index (χ3v) is 3.30. The number of carboxylic acid groups (broad SMARTS) is 1. The van der Waals surface area contributed by atoms with Gasteiger partial charge in [-0.1, -0.05) is 31.7 Å². The van der Waals surface area contributed by atoms with E-state index in [-0.39, 0.29) is 25.4 Å². The molecule has 1 aromatic carbocycles. The minimum atomic E-state index is -0.935. The summed E-state index contributed by atoms with van der Waals surface area (Å²) in [5.74, 6) is -1.37. The number of rotatable bonds is 7. The van der Waals surface area contributed by atoms with Gasteiger partial charge in [-0.15, -0.1) is 0 Å². The standard InChI is InChI=1S/C13H18O4.C4H6O2/c1-2-13(8-14,9-15)10-17-12(16)11-6-4-3-5-7-11;1-3(2)4(5)6/h3-7,14-15H,2,8-10H2,1H3;1H2,2H3,(H,5,6). The Kier molecular flexibility index (Phi) is 9.53. The maximum Gasteiger partial charge on any atom is 0.338 e. The largest absolute Gasteiger partial charge is 0.478 e. The molecule has 0 fully saturated rings. The van der Waals surface area contributed by atoms with Crippen LogP contribution in [-0.4, -0.2) is 47.1 Å². The second-order valence-electron chi connectivity index (χ2n) is 5.20. The number of benzene rings is 1. The zero-order valence-electron chi connectivity index (χ0n) is 13.5. The van der Waals surface area contributed by atoms with Crippen molar-refractivity contribution < 1.29 is 29.6 Å². The molecule has 6 nitrogen and oxygen atoms in total. The highest BCUT2D eigenvalue weighted by Gasteiger charge is 2.28. The predicted octanol–water partition coefficient (Wildman–Crippen LogP) is 1.87. The lowest BCUT2D eigenvalue weighted by atomic mass is 9.88. The Labute approximate surface area is 136 Å². The van der Waals surface area contributed by atoms with Gasteiger partial charge in [-0.2, -0.15) is 0 Å². The number of carbonyl (C=O) groups excluding carboxylic acids is 1. The SMILES string of the molecule is C=C(C)C(=O)O.CCC(CO)(CO)COC(=O)c1ccccc1. The first-order valence-electron chi connectivity index (χ1n) is 7.14. The van der Waals surface area contributed by atoms with E-state index in [1.165, 1.54) is 6.92 Å². The number of aliphatic hydroxyl groups excluding tert-OH is 2. The van der Waals surface area contributed by atoms with E-state index in [2.05, 4.69) is 6.58 Å². The van der Waals surface area contributed by atoms with Gasteiger partial charge in [0.25, 0.3) is 0 Å². The minimum absolute atomic E-state index is 0.0181. The van der Waals surface area contributed by atoms with Gasteiger partial charge in [-0.25, -0.2) is 9.59 Å². The molecule has 0 radical (unpaired) electrons. The zero-order valence-corrected chi connectivity index (χ0v) is 13.5. The third kappa shape index (κ3) is 7.58. The van der Waals surface area contributed by atoms with Crippen LogP contribution in [0.2, 0.25) is 0 Å². The number of esters is 1. The van der Waals surface area contributed by atoms with Crippen molar-refractivity contribution in [2.45, 2.75) is 20.3 Å². The van der Waals surface area contributed by atoms with Gasteiger partial charge >= 0.3 is 11.9 Å². The van der Waals surface area contributed by atoms with Crippen LogP contribution in [0.5, 0.6) is 0 Å². The van der Waals surface area contributed by atoms with Crippen LogP contribution in [0.15, 0.2) is 42.5 Å². The molecule has 0 saturated carbocycles. The van der Waals surface area contributed by atoms with Crippen LogP contribution < -0.4 is 0 Å². The highest BCUT2D eigenvalue weighted by Crippen LogP contribution is 2.21. The number of aliphatic hydroxyl groups is 2. The van der Waals surface area contributed by atoms with E-state index in [9.17, 15) is 19.8 Å². The summed E-state index contributed by atoms with van der Waals surface area (Å²) < 4.78 is 5.11. The van der Waals surface area contributed by atoms with Crippen molar-refractivity contribution in [2.24, 2.45) is 5.41 Å². The van der Waals surface area contributed by atoms with Crippen molar-refractivity contribution in [2.75, 3.05) is 19.8 Å². The van der Waals surface area contributed by atoms with Crippen LogP contribution >= 0.6 is 0 Å². The van der Waals surface area contributed by atoms with Crippen LogP contribution in [0.4, 0.5) is 0 Å². The molecule has 1 rings (SSSR count). The second-order valence-corrected chi connectivity index (χ2v) is 5.20. The Hall–Kier alpha value is -2.18. The lowest BCUT2D eigenvalue weighted by molar-refractivity contribution is -0.132. The fourth-order valence-corrected chi connectivity index (χ4v) is 1.34. The molecule has 6 heteroatoms. The maximum absolute atomic E-state index is 11.7. The average Bonchev–Trinajstić information content (AvgIpc) is 2.57. The number of hydrogen-bond donors (Lipinski definition) is 3. The number of hydrogen-bond acceptors (Lipinski definition) is 5. The van der Waals surface area contributed by atoms with Gasteiger partial charge in [-0.05, 0) is 25.5 Å². The molecule has 0 aromatic heterocycles. The van der Waals surface area contributed by atoms with Crippen molar-refractivity contribution >= 4 is 11.9 Å². The average molecular weight is 324 g/mol. The summed E-state index contributed by atoms with van der Waals surface area (Å²) in [6.45, 7) is 6.04. The molecule has 0 unspecified atom stereocenters. The molecule has 128 valence electrons. The van der Waals surface area contributed by atoms with Gasteiger partial charge in [0.1, 0.15) is 6.61 Å². The molecule has 0 aliphatic heterocycles. The van der Waals surface area contributed by atoms with Crippen LogP contribution in [0.25, 0.3) is 0 Å². The lowest BCUT2D eigenvalue weighted by Gasteiger charge is -2.27. The Balaban J connectivity index is 0.000000688. The molecule has 0 atom stereocenters. The Morgan fingerprint density at radius 3 is 2.00 bits per heavy atom. The van der Waals surface area contributed by atoms with Crippen LogP contribution in [0.3, 0.4) is 0 Å². The monoisotopic (exact) mass is 324 g/mol. The third-order valence-electron chi connectivity index (χ3n) is 3.30. The predicted molar refractivity (Wildman–Crippen MR) is 86.1 cm³/mol. The van der Waals surface area contributed by atoms with Gasteiger partial charge in [0.15, 0.2) is 0 Å². The van der Waals surface area contributed by atoms with E-state index in [0.29, 0.717) is 12.0 Å². The van der Waals surface area contributed by atoms with Gasteiger partial charge in [0, 0.05) is 5.57 Å². The van der Waals surface area contributed by atoms with Crippen molar-refractivity contribution in [3.05, 3.63) is 48.0 Å². The molecular formula is C17H24O6. The second kappa shape index (κ2) is 10.5. The van der Waals surface area contributed by atoms with Crippen molar-refractivity contribution in [1.82, 2.24) is 0 Å². The number of carbonyl (C=O) groups is 2. The Morgan fingerprint density at radius 1 is 1.17 bits per heavy atom. The topological polar surface area (TPSA) is 104 Å². The lowest BCUT2D eigenvalue weighted by Crippen LogP contribution is -2.35. The van der Waals surface area contributed by atoms with E-state index in [4.69, 9.17) is 9.84 Å². The quantitative estimate of drug-likeness (QED) is 0.522. The molecule has 0 aliphatic carbocycles. The normalized spacial score (nSPS) is 10.3. The van der Waals surface area contributed by atoms with E-state index >= 15 is 0 Å². The van der Waals surface area contributed by atoms with Crippen LogP contribution in [0, 0.1) is 5.41 Å². The summed E-state index contributed by atoms with van der Waals surface area (Å²) in [6, 6.07) is 8.64. The van der Waals surface area contributed by atoms with Gasteiger partial charge < -0.3 is 20.1 Å². The van der Waals surface area contributed by atoms with E-state index in [1.54, 1.807) is 24.3 Å². The highest BCUT2D eigenvalue weighted by atomic mass is 16.5. The smallest absolute Gasteiger partial charge is 0.338 e. The van der Waals surface area contributed by atoms with Crippen molar-refractivity contribution in [1.29, 1.82) is 0 Å². The fourth-order valence-electron chi connectivity index (χ4n) is 1.34. The summed E-state index contributed by atoms with van der Waals surface area (Å²) >= 11 is 0. The minimum Gasteiger partial charge on any atom is -0.478 e. The number of aliphatic carboxylic acids is 1. The summed E-state index contributed by atoms with van der Waals surface area (Å²) in [6.07, 6.45) is 0.544. The van der Waals surface area contributed by atoms with Gasteiger partial charge in [-0.3, -0.25) is 0 Å². The number of carboxylic acids is 1. The highest BCUT2D eigenvalue weighted by molar-refractivity contribution is 5.89. The molecular weight excluding hydrogens is 300 g/mol. The summed E-state index contributed by atoms with van der Waals surface area (Å²) in [4.78, 5) is 21.3. The van der Waals surface area contributed by atoms with Crippen LogP contribution in [0.1, 0.15) is 30.6 Å². The molecule has 0 saturated heterocycles. The van der Waals surface area contributed by atoms with Crippen molar-refractivity contribution in [3.8, 4) is 0 Å². The first kappa shape index (κ1) is 20.8. The summed E-state index contributed by atoms with van der Waals surface area (Å²) in [7, 11) is 0.